The summed E-state index contributed by atoms with van der Waals surface area (Å²) in [6.07, 6.45) is 1.41. The Hall–Kier alpha value is -1.67. The molecule has 0 spiro atoms. The Balaban J connectivity index is 2.65. The molecular formula is C13H22N4O3S. The van der Waals surface area contributed by atoms with E-state index < -0.39 is 10.0 Å². The number of carbonyl (C=O) groups is 1. The van der Waals surface area contributed by atoms with Gasteiger partial charge in [-0.1, -0.05) is 13.8 Å². The molecule has 0 aliphatic carbocycles. The summed E-state index contributed by atoms with van der Waals surface area (Å²) in [4.78, 5) is 15.6. The van der Waals surface area contributed by atoms with Crippen molar-refractivity contribution in [3.63, 3.8) is 0 Å². The highest BCUT2D eigenvalue weighted by atomic mass is 32.2. The van der Waals surface area contributed by atoms with Gasteiger partial charge < -0.3 is 10.6 Å². The molecule has 0 atom stereocenters. The number of nitrogens with zero attached hydrogens (tertiary/aromatic N) is 1. The minimum Gasteiger partial charge on any atom is -0.370 e. The van der Waals surface area contributed by atoms with E-state index in [1.165, 1.54) is 18.3 Å². The monoisotopic (exact) mass is 314 g/mol. The number of nitrogens with one attached hydrogen (secondary N) is 3. The number of rotatable bonds is 8. The van der Waals surface area contributed by atoms with E-state index in [2.05, 4.69) is 20.3 Å². The number of hydrogen-bond acceptors (Lipinski definition) is 5. The molecule has 8 heteroatoms. The van der Waals surface area contributed by atoms with E-state index in [-0.39, 0.29) is 17.3 Å². The Kier molecular flexibility index (Phi) is 6.57. The third-order valence-electron chi connectivity index (χ3n) is 2.53. The fourth-order valence-corrected chi connectivity index (χ4v) is 2.48. The maximum atomic E-state index is 12.1. The van der Waals surface area contributed by atoms with Gasteiger partial charge in [0.05, 0.1) is 11.4 Å². The molecule has 0 aliphatic heterocycles. The third kappa shape index (κ3) is 6.09. The molecule has 0 bridgehead atoms. The zero-order chi connectivity index (χ0) is 15.9. The maximum absolute atomic E-state index is 12.1. The lowest BCUT2D eigenvalue weighted by atomic mass is 10.2. The number of sulfonamides is 1. The topological polar surface area (TPSA) is 100 Å². The molecule has 1 heterocycles. The molecule has 1 rings (SSSR count). The molecule has 0 fully saturated rings. The van der Waals surface area contributed by atoms with Crippen LogP contribution in [-0.2, 0) is 14.8 Å². The van der Waals surface area contributed by atoms with Gasteiger partial charge in [-0.2, -0.15) is 0 Å². The quantitative estimate of drug-likeness (QED) is 0.651. The van der Waals surface area contributed by atoms with Gasteiger partial charge >= 0.3 is 0 Å². The molecule has 0 saturated heterocycles. The van der Waals surface area contributed by atoms with Gasteiger partial charge in [0.15, 0.2) is 0 Å². The number of hydrogen-bond donors (Lipinski definition) is 3. The summed E-state index contributed by atoms with van der Waals surface area (Å²) in [7, 11) is -3.73. The van der Waals surface area contributed by atoms with Gasteiger partial charge in [-0.15, -0.1) is 0 Å². The molecule has 1 aromatic heterocycles. The lowest BCUT2D eigenvalue weighted by Crippen LogP contribution is -2.38. The largest absolute Gasteiger partial charge is 0.370 e. The van der Waals surface area contributed by atoms with E-state index in [1.807, 2.05) is 20.8 Å². The van der Waals surface area contributed by atoms with Crippen molar-refractivity contribution in [2.75, 3.05) is 25.0 Å². The number of carbonyl (C=O) groups excluding carboxylic acids is 1. The molecule has 0 aliphatic rings. The number of pyridine rings is 1. The van der Waals surface area contributed by atoms with E-state index in [0.29, 0.717) is 24.8 Å². The summed E-state index contributed by atoms with van der Waals surface area (Å²) in [5, 5.41) is 5.58. The Bertz CT molecular complexity index is 573. The summed E-state index contributed by atoms with van der Waals surface area (Å²) < 4.78 is 26.4. The highest BCUT2D eigenvalue weighted by molar-refractivity contribution is 7.89. The molecule has 7 nitrogen and oxygen atoms in total. The summed E-state index contributed by atoms with van der Waals surface area (Å²) in [6.45, 7) is 6.68. The van der Waals surface area contributed by atoms with Crippen molar-refractivity contribution in [1.82, 2.24) is 15.0 Å². The molecular weight excluding hydrogens is 292 g/mol. The highest BCUT2D eigenvalue weighted by Gasteiger charge is 2.16. The highest BCUT2D eigenvalue weighted by Crippen LogP contribution is 2.12. The van der Waals surface area contributed by atoms with Crippen molar-refractivity contribution in [3.8, 4) is 0 Å². The predicted octanol–water partition coefficient (Wildman–Crippen LogP) is 0.564. The predicted molar refractivity (Wildman–Crippen MR) is 81.4 cm³/mol. The normalized spacial score (nSPS) is 11.4. The van der Waals surface area contributed by atoms with Gasteiger partial charge in [0, 0.05) is 25.4 Å². The van der Waals surface area contributed by atoms with Crippen LogP contribution >= 0.6 is 0 Å². The van der Waals surface area contributed by atoms with Crippen molar-refractivity contribution >= 4 is 21.7 Å². The standard InChI is InChI=1S/C13H22N4O3S/c1-4-14-12-7-11(5-6-15-12)21(19,20)17-9-13(18)16-8-10(2)3/h5-7,10,17H,4,8-9H2,1-3H3,(H,14,15)(H,16,18). The molecule has 21 heavy (non-hydrogen) atoms. The average molecular weight is 314 g/mol. The van der Waals surface area contributed by atoms with Crippen LogP contribution in [-0.4, -0.2) is 38.9 Å². The first-order valence-corrected chi connectivity index (χ1v) is 8.29. The first-order chi connectivity index (χ1) is 9.85. The van der Waals surface area contributed by atoms with Crippen molar-refractivity contribution in [1.29, 1.82) is 0 Å². The van der Waals surface area contributed by atoms with E-state index in [9.17, 15) is 13.2 Å². The second kappa shape index (κ2) is 7.94. The summed E-state index contributed by atoms with van der Waals surface area (Å²) in [5.41, 5.74) is 0. The molecule has 118 valence electrons. The first-order valence-electron chi connectivity index (χ1n) is 6.81. The van der Waals surface area contributed by atoms with Gasteiger partial charge in [0.25, 0.3) is 0 Å². The van der Waals surface area contributed by atoms with Crippen LogP contribution in [0.3, 0.4) is 0 Å². The summed E-state index contributed by atoms with van der Waals surface area (Å²) >= 11 is 0. The van der Waals surface area contributed by atoms with Gasteiger partial charge in [-0.05, 0) is 18.9 Å². The Morgan fingerprint density at radius 1 is 1.38 bits per heavy atom. The molecule has 1 aromatic rings. The van der Waals surface area contributed by atoms with Crippen LogP contribution in [0.15, 0.2) is 23.2 Å². The molecule has 3 N–H and O–H groups in total. The first kappa shape index (κ1) is 17.4. The lowest BCUT2D eigenvalue weighted by molar-refractivity contribution is -0.120. The van der Waals surface area contributed by atoms with E-state index >= 15 is 0 Å². The van der Waals surface area contributed by atoms with Gasteiger partial charge in [0.2, 0.25) is 15.9 Å². The third-order valence-corrected chi connectivity index (χ3v) is 3.93. The maximum Gasteiger partial charge on any atom is 0.241 e. The van der Waals surface area contributed by atoms with Crippen LogP contribution in [0.25, 0.3) is 0 Å². The van der Waals surface area contributed by atoms with E-state index in [0.717, 1.165) is 0 Å². The van der Waals surface area contributed by atoms with Crippen LogP contribution in [0.1, 0.15) is 20.8 Å². The molecule has 0 unspecified atom stereocenters. The Morgan fingerprint density at radius 2 is 2.10 bits per heavy atom. The summed E-state index contributed by atoms with van der Waals surface area (Å²) in [5.74, 6) is 0.436. The lowest BCUT2D eigenvalue weighted by Gasteiger charge is -2.10. The van der Waals surface area contributed by atoms with Crippen molar-refractivity contribution < 1.29 is 13.2 Å². The van der Waals surface area contributed by atoms with Crippen LogP contribution in [0.4, 0.5) is 5.82 Å². The van der Waals surface area contributed by atoms with Crippen LogP contribution in [0.5, 0.6) is 0 Å². The van der Waals surface area contributed by atoms with Gasteiger partial charge in [0.1, 0.15) is 5.82 Å². The van der Waals surface area contributed by atoms with E-state index in [1.54, 1.807) is 0 Å². The fourth-order valence-electron chi connectivity index (χ4n) is 1.48. The van der Waals surface area contributed by atoms with Crippen molar-refractivity contribution in [3.05, 3.63) is 18.3 Å². The zero-order valence-electron chi connectivity index (χ0n) is 12.5. The average Bonchev–Trinajstić information content (AvgIpc) is 2.44. The zero-order valence-corrected chi connectivity index (χ0v) is 13.3. The summed E-state index contributed by atoms with van der Waals surface area (Å²) in [6, 6.07) is 2.81. The number of aromatic nitrogens is 1. The van der Waals surface area contributed by atoms with Crippen LogP contribution in [0, 0.1) is 5.92 Å². The number of anilines is 1. The minimum absolute atomic E-state index is 0.0742. The Morgan fingerprint density at radius 3 is 2.71 bits per heavy atom. The molecule has 0 saturated carbocycles. The minimum atomic E-state index is -3.73. The van der Waals surface area contributed by atoms with E-state index in [4.69, 9.17) is 0 Å². The fraction of sp³-hybridized carbons (Fsp3) is 0.538. The molecule has 0 aromatic carbocycles. The molecule has 1 amide bonds. The van der Waals surface area contributed by atoms with Gasteiger partial charge in [-0.25, -0.2) is 18.1 Å². The second-order valence-electron chi connectivity index (χ2n) is 4.93. The smallest absolute Gasteiger partial charge is 0.241 e. The van der Waals surface area contributed by atoms with Gasteiger partial charge in [-0.3, -0.25) is 4.79 Å². The van der Waals surface area contributed by atoms with Crippen LogP contribution < -0.4 is 15.4 Å². The van der Waals surface area contributed by atoms with Crippen molar-refractivity contribution in [2.45, 2.75) is 25.7 Å². The molecule has 0 radical (unpaired) electrons. The van der Waals surface area contributed by atoms with Crippen molar-refractivity contribution in [2.24, 2.45) is 5.92 Å². The second-order valence-corrected chi connectivity index (χ2v) is 6.70. The van der Waals surface area contributed by atoms with Crippen LogP contribution in [0.2, 0.25) is 0 Å². The number of amides is 1. The SMILES string of the molecule is CCNc1cc(S(=O)(=O)NCC(=O)NCC(C)C)ccn1. The Labute approximate surface area is 125 Å².